The Morgan fingerprint density at radius 1 is 1.35 bits per heavy atom. The summed E-state index contributed by atoms with van der Waals surface area (Å²) in [5.41, 5.74) is 2.14. The maximum Gasteiger partial charge on any atom is 0.150 e. The highest BCUT2D eigenvalue weighted by molar-refractivity contribution is 5.74. The lowest BCUT2D eigenvalue weighted by molar-refractivity contribution is 0.112. The monoisotopic (exact) mass is 232 g/mol. The summed E-state index contributed by atoms with van der Waals surface area (Å²) in [6, 6.07) is 7.87. The van der Waals surface area contributed by atoms with Crippen molar-refractivity contribution in [3.05, 3.63) is 35.4 Å². The van der Waals surface area contributed by atoms with Gasteiger partial charge in [0.1, 0.15) is 6.29 Å². The Bertz CT molecular complexity index is 392. The van der Waals surface area contributed by atoms with Crippen molar-refractivity contribution in [1.29, 1.82) is 0 Å². The molecule has 0 bridgehead atoms. The Hall–Kier alpha value is -1.15. The molecule has 0 radical (unpaired) electrons. The van der Waals surface area contributed by atoms with Crippen molar-refractivity contribution in [3.8, 4) is 0 Å². The van der Waals surface area contributed by atoms with Gasteiger partial charge in [0, 0.05) is 5.56 Å². The predicted octanol–water partition coefficient (Wildman–Crippen LogP) is 3.56. The lowest BCUT2D eigenvalue weighted by Gasteiger charge is -2.11. The van der Waals surface area contributed by atoms with Gasteiger partial charge in [-0.05, 0) is 38.2 Å². The zero-order valence-electron chi connectivity index (χ0n) is 10.8. The first kappa shape index (κ1) is 12.3. The van der Waals surface area contributed by atoms with E-state index in [2.05, 4.69) is 20.8 Å². The molecule has 2 rings (SSSR count). The van der Waals surface area contributed by atoms with Gasteiger partial charge in [-0.1, -0.05) is 31.2 Å². The first-order valence-electron chi connectivity index (χ1n) is 6.26. The number of aldehydes is 1. The average Bonchev–Trinajstić information content (AvgIpc) is 2.94. The second kappa shape index (κ2) is 4.61. The number of carbonyl (C=O) groups excluding carboxylic acids is 1. The number of benzene rings is 1. The molecule has 2 unspecified atom stereocenters. The summed E-state index contributed by atoms with van der Waals surface area (Å²) in [4.78, 5) is 10.6. The van der Waals surface area contributed by atoms with Gasteiger partial charge < -0.3 is 4.74 Å². The Balaban J connectivity index is 1.86. The second-order valence-electron chi connectivity index (χ2n) is 5.47. The molecular weight excluding hydrogens is 212 g/mol. The van der Waals surface area contributed by atoms with Gasteiger partial charge in [0.2, 0.25) is 0 Å². The number of hydrogen-bond donors (Lipinski definition) is 0. The summed E-state index contributed by atoms with van der Waals surface area (Å²) in [6.45, 7) is 6.51. The van der Waals surface area contributed by atoms with Gasteiger partial charge in [-0.15, -0.1) is 0 Å². The average molecular weight is 232 g/mol. The highest BCUT2D eigenvalue weighted by atomic mass is 16.6. The maximum atomic E-state index is 10.6. The van der Waals surface area contributed by atoms with Crippen molar-refractivity contribution in [1.82, 2.24) is 0 Å². The summed E-state index contributed by atoms with van der Waals surface area (Å²) in [5, 5.41) is 0. The van der Waals surface area contributed by atoms with Crippen LogP contribution in [0.1, 0.15) is 55.5 Å². The van der Waals surface area contributed by atoms with Crippen LogP contribution >= 0.6 is 0 Å². The van der Waals surface area contributed by atoms with Crippen molar-refractivity contribution in [2.75, 3.05) is 0 Å². The van der Waals surface area contributed by atoms with Crippen LogP contribution < -0.4 is 0 Å². The fourth-order valence-electron chi connectivity index (χ4n) is 2.21. The molecule has 2 heteroatoms. The van der Waals surface area contributed by atoms with E-state index in [9.17, 15) is 4.79 Å². The molecule has 0 saturated carbocycles. The van der Waals surface area contributed by atoms with Crippen LogP contribution in [0.25, 0.3) is 0 Å². The van der Waals surface area contributed by atoms with Crippen molar-refractivity contribution in [2.45, 2.75) is 51.2 Å². The van der Waals surface area contributed by atoms with Gasteiger partial charge in [-0.2, -0.15) is 0 Å². The molecule has 92 valence electrons. The van der Waals surface area contributed by atoms with Crippen LogP contribution in [0, 0.1) is 0 Å². The van der Waals surface area contributed by atoms with Gasteiger partial charge in [0.05, 0.1) is 11.7 Å². The smallest absolute Gasteiger partial charge is 0.150 e. The zero-order chi connectivity index (χ0) is 12.5. The second-order valence-corrected chi connectivity index (χ2v) is 5.47. The summed E-state index contributed by atoms with van der Waals surface area (Å²) >= 11 is 0. The molecule has 17 heavy (non-hydrogen) atoms. The van der Waals surface area contributed by atoms with E-state index in [4.69, 9.17) is 4.74 Å². The maximum absolute atomic E-state index is 10.6. The third kappa shape index (κ3) is 2.95. The normalized spacial score (nSPS) is 23.1. The molecule has 2 nitrogen and oxygen atoms in total. The Morgan fingerprint density at radius 2 is 1.94 bits per heavy atom. The van der Waals surface area contributed by atoms with Crippen LogP contribution in [-0.4, -0.2) is 18.0 Å². The van der Waals surface area contributed by atoms with E-state index in [-0.39, 0.29) is 5.60 Å². The van der Waals surface area contributed by atoms with E-state index < -0.39 is 0 Å². The molecule has 1 aliphatic heterocycles. The molecule has 1 heterocycles. The fourth-order valence-corrected chi connectivity index (χ4v) is 2.21. The summed E-state index contributed by atoms with van der Waals surface area (Å²) < 4.78 is 5.58. The van der Waals surface area contributed by atoms with Crippen LogP contribution in [0.3, 0.4) is 0 Å². The van der Waals surface area contributed by atoms with Gasteiger partial charge in [0.25, 0.3) is 0 Å². The molecule has 0 amide bonds. The molecule has 1 fully saturated rings. The Kier molecular flexibility index (Phi) is 3.34. The molecule has 1 aromatic carbocycles. The van der Waals surface area contributed by atoms with E-state index in [0.717, 1.165) is 24.7 Å². The topological polar surface area (TPSA) is 29.6 Å². The first-order chi connectivity index (χ1) is 8.03. The van der Waals surface area contributed by atoms with Gasteiger partial charge >= 0.3 is 0 Å². The Morgan fingerprint density at radius 3 is 2.41 bits per heavy atom. The highest BCUT2D eigenvalue weighted by Crippen LogP contribution is 2.39. The predicted molar refractivity (Wildman–Crippen MR) is 68.4 cm³/mol. The SMILES string of the molecule is CC(CCC1OC1(C)C)c1ccc(C=O)cc1. The minimum Gasteiger partial charge on any atom is -0.367 e. The van der Waals surface area contributed by atoms with Crippen LogP contribution in [-0.2, 0) is 4.74 Å². The molecular formula is C15H20O2. The number of hydrogen-bond acceptors (Lipinski definition) is 2. The molecule has 0 N–H and O–H groups in total. The standard InChI is InChI=1S/C15H20O2/c1-11(4-9-14-15(2,3)17-14)13-7-5-12(10-16)6-8-13/h5-8,10-11,14H,4,9H2,1-3H3. The van der Waals surface area contributed by atoms with Crippen molar-refractivity contribution in [2.24, 2.45) is 0 Å². The summed E-state index contributed by atoms with van der Waals surface area (Å²) in [6.07, 6.45) is 3.56. The van der Waals surface area contributed by atoms with Crippen LogP contribution in [0.5, 0.6) is 0 Å². The molecule has 0 spiro atoms. The van der Waals surface area contributed by atoms with Gasteiger partial charge in [0.15, 0.2) is 0 Å². The quantitative estimate of drug-likeness (QED) is 0.574. The number of carbonyl (C=O) groups is 1. The number of ether oxygens (including phenoxy) is 1. The fraction of sp³-hybridized carbons (Fsp3) is 0.533. The minimum atomic E-state index is 0.0983. The lowest BCUT2D eigenvalue weighted by atomic mass is 9.93. The van der Waals surface area contributed by atoms with Crippen LogP contribution in [0.15, 0.2) is 24.3 Å². The van der Waals surface area contributed by atoms with Crippen molar-refractivity contribution in [3.63, 3.8) is 0 Å². The van der Waals surface area contributed by atoms with Crippen molar-refractivity contribution < 1.29 is 9.53 Å². The molecule has 2 atom stereocenters. The Labute approximate surface area is 103 Å². The van der Waals surface area contributed by atoms with Crippen LogP contribution in [0.4, 0.5) is 0 Å². The van der Waals surface area contributed by atoms with Crippen molar-refractivity contribution >= 4 is 6.29 Å². The third-order valence-corrected chi connectivity index (χ3v) is 3.67. The van der Waals surface area contributed by atoms with E-state index in [0.29, 0.717) is 12.0 Å². The highest BCUT2D eigenvalue weighted by Gasteiger charge is 2.46. The minimum absolute atomic E-state index is 0.0983. The first-order valence-corrected chi connectivity index (χ1v) is 6.26. The van der Waals surface area contributed by atoms with Gasteiger partial charge in [-0.3, -0.25) is 4.79 Å². The van der Waals surface area contributed by atoms with E-state index in [1.165, 1.54) is 5.56 Å². The molecule has 1 aromatic rings. The largest absolute Gasteiger partial charge is 0.367 e. The summed E-state index contributed by atoms with van der Waals surface area (Å²) in [7, 11) is 0. The van der Waals surface area contributed by atoms with Crippen LogP contribution in [0.2, 0.25) is 0 Å². The number of epoxide rings is 1. The third-order valence-electron chi connectivity index (χ3n) is 3.67. The van der Waals surface area contributed by atoms with E-state index in [1.807, 2.05) is 24.3 Å². The lowest BCUT2D eigenvalue weighted by Crippen LogP contribution is -2.04. The van der Waals surface area contributed by atoms with E-state index >= 15 is 0 Å². The number of rotatable bonds is 5. The molecule has 0 aromatic heterocycles. The zero-order valence-corrected chi connectivity index (χ0v) is 10.8. The van der Waals surface area contributed by atoms with Gasteiger partial charge in [-0.25, -0.2) is 0 Å². The molecule has 1 aliphatic rings. The molecule has 1 saturated heterocycles. The summed E-state index contributed by atoms with van der Waals surface area (Å²) in [5.74, 6) is 0.524. The molecule has 0 aliphatic carbocycles. The van der Waals surface area contributed by atoms with E-state index in [1.54, 1.807) is 0 Å².